The maximum atomic E-state index is 5.69. The first-order valence-corrected chi connectivity index (χ1v) is 11.3. The number of ether oxygens (including phenoxy) is 1. The summed E-state index contributed by atoms with van der Waals surface area (Å²) in [7, 11) is 0. The van der Waals surface area contributed by atoms with Crippen LogP contribution in [0.5, 0.6) is 5.75 Å². The molecule has 0 fully saturated rings. The molecule has 0 unspecified atom stereocenters. The number of benzene rings is 3. The first-order chi connectivity index (χ1) is 12.6. The van der Waals surface area contributed by atoms with Gasteiger partial charge in [-0.25, -0.2) is 0 Å². The number of hydrogen-bond acceptors (Lipinski definition) is 4. The molecule has 26 heavy (non-hydrogen) atoms. The van der Waals surface area contributed by atoms with E-state index in [4.69, 9.17) is 4.74 Å². The second-order valence-electron chi connectivity index (χ2n) is 5.99. The molecule has 0 atom stereocenters. The Morgan fingerprint density at radius 2 is 0.923 bits per heavy atom. The quantitative estimate of drug-likeness (QED) is 0.381. The lowest BCUT2D eigenvalue weighted by Gasteiger charge is -2.10. The van der Waals surface area contributed by atoms with Crippen LogP contribution in [0.3, 0.4) is 0 Å². The third kappa shape index (κ3) is 5.76. The summed E-state index contributed by atoms with van der Waals surface area (Å²) in [6.07, 6.45) is 2.30. The zero-order valence-electron chi connectivity index (χ0n) is 15.1. The lowest BCUT2D eigenvalue weighted by molar-refractivity contribution is 0.242. The van der Waals surface area contributed by atoms with E-state index in [9.17, 15) is 0 Å². The summed E-state index contributed by atoms with van der Waals surface area (Å²) in [5.41, 5.74) is 0. The van der Waals surface area contributed by atoms with Crippen LogP contribution in [0.15, 0.2) is 97.3 Å². The molecule has 0 aliphatic heterocycles. The zero-order valence-corrected chi connectivity index (χ0v) is 17.6. The Hall–Kier alpha value is -1.49. The van der Waals surface area contributed by atoms with Gasteiger partial charge in [0.1, 0.15) is 5.75 Å². The summed E-state index contributed by atoms with van der Waals surface area (Å²) < 4.78 is 5.69. The van der Waals surface area contributed by atoms with Gasteiger partial charge in [0.25, 0.3) is 0 Å². The maximum Gasteiger partial charge on any atom is 0.119 e. The third-order valence-electron chi connectivity index (χ3n) is 3.55. The molecular formula is C22H22OS3. The number of thioether (sulfide) groups is 1. The molecule has 0 aliphatic carbocycles. The average molecular weight is 399 g/mol. The topological polar surface area (TPSA) is 9.23 Å². The zero-order chi connectivity index (χ0) is 18.4. The van der Waals surface area contributed by atoms with E-state index in [1.807, 2.05) is 26.0 Å². The molecule has 0 aromatic heterocycles. The molecule has 0 spiro atoms. The summed E-state index contributed by atoms with van der Waals surface area (Å²) in [6.45, 7) is 4.08. The Labute approximate surface area is 168 Å². The van der Waals surface area contributed by atoms with Crippen molar-refractivity contribution in [3.8, 4) is 5.75 Å². The van der Waals surface area contributed by atoms with Crippen molar-refractivity contribution >= 4 is 35.3 Å². The molecule has 3 rings (SSSR count). The molecule has 1 nitrogen and oxygen atoms in total. The van der Waals surface area contributed by atoms with E-state index in [0.717, 1.165) is 5.75 Å². The van der Waals surface area contributed by atoms with Gasteiger partial charge >= 0.3 is 0 Å². The van der Waals surface area contributed by atoms with Crippen LogP contribution in [-0.2, 0) is 0 Å². The lowest BCUT2D eigenvalue weighted by atomic mass is 10.3. The number of hydrogen-bond donors (Lipinski definition) is 0. The van der Waals surface area contributed by atoms with Gasteiger partial charge in [0.2, 0.25) is 0 Å². The average Bonchev–Trinajstić information content (AvgIpc) is 2.65. The highest BCUT2D eigenvalue weighted by Gasteiger charge is 2.02. The minimum Gasteiger partial charge on any atom is -0.491 e. The summed E-state index contributed by atoms with van der Waals surface area (Å²) in [4.78, 5) is 6.28. The fourth-order valence-electron chi connectivity index (χ4n) is 2.35. The second kappa shape index (κ2) is 9.45. The highest BCUT2D eigenvalue weighted by molar-refractivity contribution is 8.00. The van der Waals surface area contributed by atoms with E-state index < -0.39 is 0 Å². The monoisotopic (exact) mass is 398 g/mol. The lowest BCUT2D eigenvalue weighted by Crippen LogP contribution is -2.04. The molecule has 4 heteroatoms. The highest BCUT2D eigenvalue weighted by atomic mass is 32.2. The van der Waals surface area contributed by atoms with Crippen LogP contribution in [0.25, 0.3) is 0 Å². The molecule has 0 N–H and O–H groups in total. The van der Waals surface area contributed by atoms with Crippen molar-refractivity contribution in [2.45, 2.75) is 44.4 Å². The molecule has 3 aromatic carbocycles. The molecule has 0 aliphatic rings. The SMILES string of the molecule is CSc1ccc(Sc2ccc(Sc3ccc(OC(C)C)cc3)cc2)cc1. The second-order valence-corrected chi connectivity index (χ2v) is 9.16. The van der Waals surface area contributed by atoms with Crippen LogP contribution in [-0.4, -0.2) is 12.4 Å². The minimum atomic E-state index is 0.204. The van der Waals surface area contributed by atoms with E-state index in [1.54, 1.807) is 35.3 Å². The molecule has 0 amide bonds. The molecular weight excluding hydrogens is 376 g/mol. The minimum absolute atomic E-state index is 0.204. The van der Waals surface area contributed by atoms with E-state index in [1.165, 1.54) is 24.5 Å². The third-order valence-corrected chi connectivity index (χ3v) is 6.33. The van der Waals surface area contributed by atoms with Crippen molar-refractivity contribution in [3.05, 3.63) is 72.8 Å². The Morgan fingerprint density at radius 3 is 1.27 bits per heavy atom. The Kier molecular flexibility index (Phi) is 7.00. The predicted molar refractivity (Wildman–Crippen MR) is 115 cm³/mol. The molecule has 0 saturated heterocycles. The normalized spacial score (nSPS) is 10.9. The van der Waals surface area contributed by atoms with Gasteiger partial charge in [-0.2, -0.15) is 0 Å². The van der Waals surface area contributed by atoms with Gasteiger partial charge in [0.05, 0.1) is 6.10 Å². The smallest absolute Gasteiger partial charge is 0.119 e. The fraction of sp³-hybridized carbons (Fsp3) is 0.182. The van der Waals surface area contributed by atoms with Gasteiger partial charge in [-0.15, -0.1) is 11.8 Å². The summed E-state index contributed by atoms with van der Waals surface area (Å²) >= 11 is 5.33. The van der Waals surface area contributed by atoms with E-state index >= 15 is 0 Å². The first-order valence-electron chi connectivity index (χ1n) is 8.49. The highest BCUT2D eigenvalue weighted by Crippen LogP contribution is 2.33. The maximum absolute atomic E-state index is 5.69. The van der Waals surface area contributed by atoms with Gasteiger partial charge < -0.3 is 4.74 Å². The van der Waals surface area contributed by atoms with Crippen molar-refractivity contribution < 1.29 is 4.74 Å². The van der Waals surface area contributed by atoms with E-state index in [2.05, 4.69) is 66.9 Å². The Balaban J connectivity index is 1.60. The summed E-state index contributed by atoms with van der Waals surface area (Å²) in [6, 6.07) is 25.7. The van der Waals surface area contributed by atoms with Crippen LogP contribution in [0, 0.1) is 0 Å². The van der Waals surface area contributed by atoms with Gasteiger partial charge in [-0.1, -0.05) is 23.5 Å². The Morgan fingerprint density at radius 1 is 0.577 bits per heavy atom. The Bertz CT molecular complexity index is 810. The standard InChI is InChI=1S/C22H22OS3/c1-16(2)23-17-4-6-19(7-5-17)25-21-12-14-22(15-13-21)26-20-10-8-18(24-3)9-11-20/h4-16H,1-3H3. The summed E-state index contributed by atoms with van der Waals surface area (Å²) in [5, 5.41) is 0. The van der Waals surface area contributed by atoms with Crippen LogP contribution >= 0.6 is 35.3 Å². The van der Waals surface area contributed by atoms with Crippen LogP contribution in [0.2, 0.25) is 0 Å². The predicted octanol–water partition coefficient (Wildman–Crippen LogP) is 7.50. The molecule has 134 valence electrons. The van der Waals surface area contributed by atoms with Crippen molar-refractivity contribution in [2.24, 2.45) is 0 Å². The molecule has 0 saturated carbocycles. The van der Waals surface area contributed by atoms with Crippen LogP contribution in [0.4, 0.5) is 0 Å². The summed E-state index contributed by atoms with van der Waals surface area (Å²) in [5.74, 6) is 0.920. The molecule has 3 aromatic rings. The van der Waals surface area contributed by atoms with Crippen molar-refractivity contribution in [2.75, 3.05) is 6.26 Å². The largest absolute Gasteiger partial charge is 0.491 e. The fourth-order valence-corrected chi connectivity index (χ4v) is 4.39. The van der Waals surface area contributed by atoms with E-state index in [-0.39, 0.29) is 6.10 Å². The molecule has 0 heterocycles. The van der Waals surface area contributed by atoms with Gasteiger partial charge in [-0.05, 0) is 92.9 Å². The molecule has 0 radical (unpaired) electrons. The van der Waals surface area contributed by atoms with Crippen molar-refractivity contribution in [1.82, 2.24) is 0 Å². The van der Waals surface area contributed by atoms with Crippen molar-refractivity contribution in [3.63, 3.8) is 0 Å². The van der Waals surface area contributed by atoms with Gasteiger partial charge in [0, 0.05) is 24.5 Å². The molecule has 0 bridgehead atoms. The van der Waals surface area contributed by atoms with Crippen LogP contribution < -0.4 is 4.74 Å². The number of rotatable bonds is 7. The first kappa shape index (κ1) is 19.3. The van der Waals surface area contributed by atoms with Gasteiger partial charge in [-0.3, -0.25) is 0 Å². The van der Waals surface area contributed by atoms with Gasteiger partial charge in [0.15, 0.2) is 0 Å². The van der Waals surface area contributed by atoms with E-state index in [0.29, 0.717) is 0 Å². The van der Waals surface area contributed by atoms with Crippen LogP contribution in [0.1, 0.15) is 13.8 Å². The van der Waals surface area contributed by atoms with Crippen molar-refractivity contribution in [1.29, 1.82) is 0 Å².